The first-order valence-electron chi connectivity index (χ1n) is 12.1. The van der Waals surface area contributed by atoms with Crippen molar-refractivity contribution in [1.29, 1.82) is 0 Å². The fourth-order valence-corrected chi connectivity index (χ4v) is 5.63. The molecule has 0 saturated carbocycles. The van der Waals surface area contributed by atoms with Crippen molar-refractivity contribution in [2.45, 2.75) is 51.4 Å². The van der Waals surface area contributed by atoms with Crippen LogP contribution in [0.3, 0.4) is 0 Å². The molecule has 1 N–H and O–H groups in total. The third-order valence-corrected chi connectivity index (χ3v) is 7.68. The number of hydrogen-bond acceptors (Lipinski definition) is 8. The van der Waals surface area contributed by atoms with Gasteiger partial charge in [0.2, 0.25) is 11.1 Å². The maximum atomic E-state index is 12.9. The molecule has 10 heteroatoms. The first-order chi connectivity index (χ1) is 17.9. The maximum Gasteiger partial charge on any atom is 0.338 e. The fourth-order valence-electron chi connectivity index (χ4n) is 4.14. The summed E-state index contributed by atoms with van der Waals surface area (Å²) in [5, 5.41) is 8.63. The van der Waals surface area contributed by atoms with Crippen LogP contribution in [0.5, 0.6) is 11.5 Å². The number of rotatable bonds is 10. The quantitative estimate of drug-likeness (QED) is 0.168. The highest BCUT2D eigenvalue weighted by atomic mass is 79.9. The highest BCUT2D eigenvalue weighted by Gasteiger charge is 2.36. The molecule has 1 aromatic heterocycles. The molecule has 8 nitrogen and oxygen atoms in total. The van der Waals surface area contributed by atoms with E-state index in [1.54, 1.807) is 23.6 Å². The smallest absolute Gasteiger partial charge is 0.338 e. The number of fused-ring (bicyclic) bond motifs is 1. The summed E-state index contributed by atoms with van der Waals surface area (Å²) in [5.74, 6) is 2.18. The van der Waals surface area contributed by atoms with E-state index in [0.717, 1.165) is 35.3 Å². The summed E-state index contributed by atoms with van der Waals surface area (Å²) in [6.45, 7) is 6.44. The van der Waals surface area contributed by atoms with Crippen LogP contribution in [0.1, 0.15) is 49.4 Å². The molecule has 1 aliphatic rings. The van der Waals surface area contributed by atoms with Gasteiger partial charge >= 0.3 is 5.97 Å². The second kappa shape index (κ2) is 12.0. The van der Waals surface area contributed by atoms with Gasteiger partial charge in [-0.2, -0.15) is 4.98 Å². The lowest BCUT2D eigenvalue weighted by molar-refractivity contribution is -0.136. The molecule has 4 rings (SSSR count). The molecule has 0 fully saturated rings. The Bertz CT molecular complexity index is 1320. The average Bonchev–Trinajstić information content (AvgIpc) is 3.29. The second-order valence-corrected chi connectivity index (χ2v) is 10.6. The molecule has 1 unspecified atom stereocenters. The molecule has 2 heterocycles. The summed E-state index contributed by atoms with van der Waals surface area (Å²) in [4.78, 5) is 17.6. The Morgan fingerprint density at radius 3 is 2.70 bits per heavy atom. The third kappa shape index (κ3) is 5.80. The molecule has 0 spiro atoms. The third-order valence-electron chi connectivity index (χ3n) is 6.17. The number of anilines is 1. The van der Waals surface area contributed by atoms with Crippen molar-refractivity contribution in [3.8, 4) is 11.5 Å². The number of hydrogen-bond donors (Lipinski definition) is 1. The fraction of sp³-hybridized carbons (Fsp3) is 0.370. The molecule has 3 aromatic rings. The van der Waals surface area contributed by atoms with Gasteiger partial charge in [-0.1, -0.05) is 49.4 Å². The van der Waals surface area contributed by atoms with Crippen molar-refractivity contribution >= 4 is 39.6 Å². The number of carbonyl (C=O) groups is 1. The maximum absolute atomic E-state index is 12.9. The van der Waals surface area contributed by atoms with E-state index in [2.05, 4.69) is 46.1 Å². The van der Waals surface area contributed by atoms with Gasteiger partial charge in [0.15, 0.2) is 11.5 Å². The van der Waals surface area contributed by atoms with Gasteiger partial charge in [-0.05, 0) is 65.0 Å². The Balaban J connectivity index is 1.74. The minimum atomic E-state index is -0.563. The van der Waals surface area contributed by atoms with Crippen LogP contribution in [0.25, 0.3) is 0 Å². The number of aromatic nitrogens is 3. The van der Waals surface area contributed by atoms with Crippen LogP contribution in [-0.2, 0) is 16.1 Å². The number of thioether (sulfide) groups is 1. The van der Waals surface area contributed by atoms with Crippen LogP contribution in [0.4, 0.5) is 5.95 Å². The van der Waals surface area contributed by atoms with E-state index in [4.69, 9.17) is 19.3 Å². The van der Waals surface area contributed by atoms with Gasteiger partial charge in [-0.3, -0.25) is 0 Å². The number of aryl methyl sites for hydroxylation is 1. The largest absolute Gasteiger partial charge is 0.493 e. The lowest BCUT2D eigenvalue weighted by atomic mass is 9.95. The number of nitrogens with one attached hydrogen (secondary N) is 1. The topological polar surface area (TPSA) is 87.5 Å². The monoisotopic (exact) mass is 586 g/mol. The molecular weight excluding hydrogens is 556 g/mol. The Hall–Kier alpha value is -2.98. The lowest BCUT2D eigenvalue weighted by Gasteiger charge is -2.28. The Morgan fingerprint density at radius 2 is 2.00 bits per heavy atom. The van der Waals surface area contributed by atoms with Crippen molar-refractivity contribution < 1.29 is 19.0 Å². The highest BCUT2D eigenvalue weighted by Crippen LogP contribution is 2.43. The van der Waals surface area contributed by atoms with Gasteiger partial charge in [0.25, 0.3) is 0 Å². The van der Waals surface area contributed by atoms with E-state index in [1.807, 2.05) is 37.3 Å². The van der Waals surface area contributed by atoms with Gasteiger partial charge < -0.3 is 19.5 Å². The summed E-state index contributed by atoms with van der Waals surface area (Å²) < 4.78 is 19.5. The Labute approximate surface area is 229 Å². The molecule has 1 atom stereocenters. The molecule has 0 radical (unpaired) electrons. The standard InChI is InChI=1S/C27H31BrN4O4S/c1-6-7-12-37-27-30-26-29-17(3)22(25(33)35-5)23(32(26)31-27)19-13-20(28)24(21(14-19)34-4)36-15-18-11-9-8-10-16(18)2/h8-11,13-14,23H,6-7,12,15H2,1-5H3,(H,29,30,31). The van der Waals surface area contributed by atoms with Gasteiger partial charge in [0.05, 0.1) is 24.3 Å². The van der Waals surface area contributed by atoms with E-state index < -0.39 is 12.0 Å². The number of allylic oxidation sites excluding steroid dienone is 1. The SMILES string of the molecule is CCCCSc1nc2n(n1)C(c1cc(Br)c(OCc3ccccc3C)c(OC)c1)C(C(=O)OC)=C(C)N2. The molecule has 0 amide bonds. The summed E-state index contributed by atoms with van der Waals surface area (Å²) in [5.41, 5.74) is 4.14. The van der Waals surface area contributed by atoms with Crippen LogP contribution in [0.15, 0.2) is 57.3 Å². The molecule has 2 aromatic carbocycles. The normalized spacial score (nSPS) is 14.7. The minimum absolute atomic E-state index is 0.395. The number of carbonyl (C=O) groups excluding carboxylic acids is 1. The zero-order valence-electron chi connectivity index (χ0n) is 21.6. The van der Waals surface area contributed by atoms with Gasteiger partial charge in [-0.15, -0.1) is 5.10 Å². The number of ether oxygens (including phenoxy) is 3. The van der Waals surface area contributed by atoms with Gasteiger partial charge in [0, 0.05) is 11.4 Å². The van der Waals surface area contributed by atoms with Crippen molar-refractivity contribution in [1.82, 2.24) is 14.8 Å². The number of unbranched alkanes of at least 4 members (excludes halogenated alkanes) is 1. The van der Waals surface area contributed by atoms with Crippen LogP contribution in [0, 0.1) is 6.92 Å². The predicted octanol–water partition coefficient (Wildman–Crippen LogP) is 6.29. The molecule has 37 heavy (non-hydrogen) atoms. The van der Waals surface area contributed by atoms with E-state index in [-0.39, 0.29) is 0 Å². The molecule has 196 valence electrons. The van der Waals surface area contributed by atoms with Crippen LogP contribution < -0.4 is 14.8 Å². The molecule has 0 bridgehead atoms. The summed E-state index contributed by atoms with van der Waals surface area (Å²) in [6, 6.07) is 11.3. The van der Waals surface area contributed by atoms with Crippen molar-refractivity contribution in [3.05, 3.63) is 68.8 Å². The van der Waals surface area contributed by atoms with Crippen molar-refractivity contribution in [2.24, 2.45) is 0 Å². The number of nitrogens with zero attached hydrogens (tertiary/aromatic N) is 3. The zero-order chi connectivity index (χ0) is 26.5. The molecular formula is C27H31BrN4O4S. The van der Waals surface area contributed by atoms with Crippen LogP contribution in [-0.4, -0.2) is 40.7 Å². The Morgan fingerprint density at radius 1 is 1.22 bits per heavy atom. The van der Waals surface area contributed by atoms with E-state index in [9.17, 15) is 4.79 Å². The predicted molar refractivity (Wildman–Crippen MR) is 148 cm³/mol. The van der Waals surface area contributed by atoms with Gasteiger partial charge in [-0.25, -0.2) is 9.48 Å². The molecule has 0 saturated heterocycles. The molecule has 0 aliphatic carbocycles. The van der Waals surface area contributed by atoms with Crippen LogP contribution in [0.2, 0.25) is 0 Å². The van der Waals surface area contributed by atoms with E-state index in [1.165, 1.54) is 7.11 Å². The number of benzene rings is 2. The minimum Gasteiger partial charge on any atom is -0.493 e. The average molecular weight is 588 g/mol. The number of methoxy groups -OCH3 is 2. The van der Waals surface area contributed by atoms with E-state index in [0.29, 0.717) is 45.0 Å². The highest BCUT2D eigenvalue weighted by molar-refractivity contribution is 9.10. The first kappa shape index (κ1) is 27.1. The van der Waals surface area contributed by atoms with Crippen molar-refractivity contribution in [2.75, 3.05) is 25.3 Å². The van der Waals surface area contributed by atoms with Gasteiger partial charge in [0.1, 0.15) is 12.6 Å². The second-order valence-electron chi connectivity index (χ2n) is 8.67. The van der Waals surface area contributed by atoms with Crippen LogP contribution >= 0.6 is 27.7 Å². The van der Waals surface area contributed by atoms with E-state index >= 15 is 0 Å². The first-order valence-corrected chi connectivity index (χ1v) is 13.9. The lowest BCUT2D eigenvalue weighted by Crippen LogP contribution is -2.29. The Kier molecular flexibility index (Phi) is 8.81. The summed E-state index contributed by atoms with van der Waals surface area (Å²) in [7, 11) is 2.97. The number of esters is 1. The summed E-state index contributed by atoms with van der Waals surface area (Å²) in [6.07, 6.45) is 2.17. The zero-order valence-corrected chi connectivity index (χ0v) is 24.0. The molecule has 1 aliphatic heterocycles. The summed E-state index contributed by atoms with van der Waals surface area (Å²) >= 11 is 5.27. The van der Waals surface area contributed by atoms with Crippen molar-refractivity contribution in [3.63, 3.8) is 0 Å². The number of halogens is 1.